The van der Waals surface area contributed by atoms with Gasteiger partial charge in [0.05, 0.1) is 11.0 Å². The molecule has 0 aliphatic heterocycles. The van der Waals surface area contributed by atoms with Crippen molar-refractivity contribution in [3.05, 3.63) is 29.6 Å². The average Bonchev–Trinajstić information content (AvgIpc) is 2.61. The Kier molecular flexibility index (Phi) is 3.71. The van der Waals surface area contributed by atoms with Crippen LogP contribution in [-0.4, -0.2) is 23.1 Å². The van der Waals surface area contributed by atoms with Crippen LogP contribution in [0.1, 0.15) is 31.2 Å². The summed E-state index contributed by atoms with van der Waals surface area (Å²) < 4.78 is 2.14. The molecule has 1 unspecified atom stereocenters. The zero-order valence-corrected chi connectivity index (χ0v) is 12.0. The highest BCUT2D eigenvalue weighted by molar-refractivity contribution is 5.77. The third-order valence-electron chi connectivity index (χ3n) is 3.79. The molecule has 1 aromatic heterocycles. The van der Waals surface area contributed by atoms with Crippen molar-refractivity contribution in [1.82, 2.24) is 14.9 Å². The van der Waals surface area contributed by atoms with Gasteiger partial charge in [-0.1, -0.05) is 19.9 Å². The standard InChI is InChI=1S/C15H23N3/c1-10(2)13(9-16-4)12-6-7-15-14(8-12)17-11(3)18(15)5/h6-8,10,13,16H,9H2,1-5H3. The van der Waals surface area contributed by atoms with Crippen molar-refractivity contribution >= 4 is 11.0 Å². The number of rotatable bonds is 4. The maximum atomic E-state index is 4.62. The van der Waals surface area contributed by atoms with Crippen LogP contribution in [0.15, 0.2) is 18.2 Å². The Balaban J connectivity index is 2.45. The summed E-state index contributed by atoms with van der Waals surface area (Å²) in [4.78, 5) is 4.62. The molecule has 2 aromatic rings. The summed E-state index contributed by atoms with van der Waals surface area (Å²) in [5.41, 5.74) is 3.70. The van der Waals surface area contributed by atoms with Gasteiger partial charge in [0.25, 0.3) is 0 Å². The molecule has 0 saturated carbocycles. The second-order valence-electron chi connectivity index (χ2n) is 5.37. The Morgan fingerprint density at radius 1 is 1.33 bits per heavy atom. The van der Waals surface area contributed by atoms with Crippen molar-refractivity contribution in [3.8, 4) is 0 Å². The van der Waals surface area contributed by atoms with E-state index in [9.17, 15) is 0 Å². The monoisotopic (exact) mass is 245 g/mol. The lowest BCUT2D eigenvalue weighted by Gasteiger charge is -2.21. The second-order valence-corrected chi connectivity index (χ2v) is 5.37. The molecule has 3 nitrogen and oxygen atoms in total. The lowest BCUT2D eigenvalue weighted by molar-refractivity contribution is 0.478. The minimum absolute atomic E-state index is 0.543. The zero-order valence-electron chi connectivity index (χ0n) is 12.0. The molecule has 0 aliphatic rings. The number of nitrogens with one attached hydrogen (secondary N) is 1. The van der Waals surface area contributed by atoms with Crippen molar-refractivity contribution in [1.29, 1.82) is 0 Å². The Morgan fingerprint density at radius 2 is 2.06 bits per heavy atom. The number of fused-ring (bicyclic) bond motifs is 1. The van der Waals surface area contributed by atoms with E-state index in [0.29, 0.717) is 11.8 Å². The molecule has 0 bridgehead atoms. The molecule has 0 amide bonds. The number of aromatic nitrogens is 2. The highest BCUT2D eigenvalue weighted by Crippen LogP contribution is 2.26. The first kappa shape index (κ1) is 13.1. The van der Waals surface area contributed by atoms with Gasteiger partial charge in [0.15, 0.2) is 0 Å². The molecule has 0 fully saturated rings. The van der Waals surface area contributed by atoms with E-state index in [1.54, 1.807) is 0 Å². The predicted octanol–water partition coefficient (Wildman–Crippen LogP) is 2.84. The molecule has 1 aromatic carbocycles. The first-order valence-corrected chi connectivity index (χ1v) is 6.62. The molecule has 2 rings (SSSR count). The number of aryl methyl sites for hydroxylation is 2. The molecule has 0 saturated heterocycles. The summed E-state index contributed by atoms with van der Waals surface area (Å²) in [6.07, 6.45) is 0. The Bertz CT molecular complexity index is 540. The van der Waals surface area contributed by atoms with Crippen molar-refractivity contribution in [3.63, 3.8) is 0 Å². The van der Waals surface area contributed by atoms with Crippen LogP contribution < -0.4 is 5.32 Å². The first-order valence-electron chi connectivity index (χ1n) is 6.62. The highest BCUT2D eigenvalue weighted by atomic mass is 15.0. The van der Waals surface area contributed by atoms with E-state index in [1.165, 1.54) is 11.1 Å². The maximum absolute atomic E-state index is 4.62. The Hall–Kier alpha value is -1.35. The smallest absolute Gasteiger partial charge is 0.106 e. The molecular weight excluding hydrogens is 222 g/mol. The van der Waals surface area contributed by atoms with Gasteiger partial charge in [0.2, 0.25) is 0 Å². The molecule has 3 heteroatoms. The van der Waals surface area contributed by atoms with E-state index < -0.39 is 0 Å². The lowest BCUT2D eigenvalue weighted by atomic mass is 9.88. The fraction of sp³-hybridized carbons (Fsp3) is 0.533. The molecular formula is C15H23N3. The van der Waals surface area contributed by atoms with Crippen molar-refractivity contribution in [2.24, 2.45) is 13.0 Å². The van der Waals surface area contributed by atoms with Gasteiger partial charge in [-0.3, -0.25) is 0 Å². The normalized spacial score (nSPS) is 13.4. The summed E-state index contributed by atoms with van der Waals surface area (Å²) in [6.45, 7) is 7.61. The van der Waals surface area contributed by atoms with Crippen molar-refractivity contribution in [2.75, 3.05) is 13.6 Å². The number of nitrogens with zero attached hydrogens (tertiary/aromatic N) is 2. The number of hydrogen-bond acceptors (Lipinski definition) is 2. The first-order chi connectivity index (χ1) is 8.54. The highest BCUT2D eigenvalue weighted by Gasteiger charge is 2.16. The predicted molar refractivity (Wildman–Crippen MR) is 77.0 cm³/mol. The fourth-order valence-corrected chi connectivity index (χ4v) is 2.53. The maximum Gasteiger partial charge on any atom is 0.106 e. The molecule has 98 valence electrons. The van der Waals surface area contributed by atoms with E-state index in [0.717, 1.165) is 17.9 Å². The summed E-state index contributed by atoms with van der Waals surface area (Å²) in [7, 11) is 4.08. The van der Waals surface area contributed by atoms with E-state index in [1.807, 2.05) is 14.0 Å². The molecule has 0 aliphatic carbocycles. The van der Waals surface area contributed by atoms with E-state index >= 15 is 0 Å². The quantitative estimate of drug-likeness (QED) is 0.897. The zero-order chi connectivity index (χ0) is 13.3. The number of imidazole rings is 1. The van der Waals surface area contributed by atoms with Crippen LogP contribution in [-0.2, 0) is 7.05 Å². The summed E-state index contributed by atoms with van der Waals surface area (Å²) in [6, 6.07) is 6.67. The molecule has 1 atom stereocenters. The average molecular weight is 245 g/mol. The molecule has 0 spiro atoms. The van der Waals surface area contributed by atoms with Crippen LogP contribution in [0.5, 0.6) is 0 Å². The number of hydrogen-bond donors (Lipinski definition) is 1. The van der Waals surface area contributed by atoms with Gasteiger partial charge in [0, 0.05) is 13.6 Å². The van der Waals surface area contributed by atoms with E-state index in [4.69, 9.17) is 0 Å². The van der Waals surface area contributed by atoms with Gasteiger partial charge >= 0.3 is 0 Å². The fourth-order valence-electron chi connectivity index (χ4n) is 2.53. The van der Waals surface area contributed by atoms with Gasteiger partial charge in [-0.2, -0.15) is 0 Å². The second kappa shape index (κ2) is 5.11. The van der Waals surface area contributed by atoms with Crippen LogP contribution in [0, 0.1) is 12.8 Å². The number of benzene rings is 1. The third kappa shape index (κ3) is 2.27. The van der Waals surface area contributed by atoms with Gasteiger partial charge in [-0.05, 0) is 43.5 Å². The Morgan fingerprint density at radius 3 is 2.67 bits per heavy atom. The van der Waals surface area contributed by atoms with Gasteiger partial charge < -0.3 is 9.88 Å². The molecule has 1 N–H and O–H groups in total. The Labute approximate surface area is 109 Å². The third-order valence-corrected chi connectivity index (χ3v) is 3.79. The van der Waals surface area contributed by atoms with Gasteiger partial charge in [-0.15, -0.1) is 0 Å². The molecule has 1 heterocycles. The minimum Gasteiger partial charge on any atom is -0.331 e. The van der Waals surface area contributed by atoms with Crippen LogP contribution in [0.25, 0.3) is 11.0 Å². The van der Waals surface area contributed by atoms with Crippen molar-refractivity contribution in [2.45, 2.75) is 26.7 Å². The van der Waals surface area contributed by atoms with Crippen LogP contribution in [0.2, 0.25) is 0 Å². The summed E-state index contributed by atoms with van der Waals surface area (Å²) >= 11 is 0. The summed E-state index contributed by atoms with van der Waals surface area (Å²) in [5, 5.41) is 3.29. The van der Waals surface area contributed by atoms with E-state index in [-0.39, 0.29) is 0 Å². The minimum atomic E-state index is 0.543. The lowest BCUT2D eigenvalue weighted by Crippen LogP contribution is -2.21. The van der Waals surface area contributed by atoms with Crippen LogP contribution in [0.4, 0.5) is 0 Å². The summed E-state index contributed by atoms with van der Waals surface area (Å²) in [5.74, 6) is 2.23. The van der Waals surface area contributed by atoms with Crippen LogP contribution in [0.3, 0.4) is 0 Å². The largest absolute Gasteiger partial charge is 0.331 e. The van der Waals surface area contributed by atoms with Gasteiger partial charge in [-0.25, -0.2) is 4.98 Å². The molecule has 18 heavy (non-hydrogen) atoms. The van der Waals surface area contributed by atoms with Gasteiger partial charge in [0.1, 0.15) is 5.82 Å². The SMILES string of the molecule is CNCC(c1ccc2c(c1)nc(C)n2C)C(C)C. The van der Waals surface area contributed by atoms with Crippen molar-refractivity contribution < 1.29 is 0 Å². The van der Waals surface area contributed by atoms with E-state index in [2.05, 4.69) is 54.0 Å². The van der Waals surface area contributed by atoms with Crippen LogP contribution >= 0.6 is 0 Å². The number of likely N-dealkylation sites (N-methyl/N-ethyl adjacent to an activating group) is 1. The molecule has 0 radical (unpaired) electrons. The topological polar surface area (TPSA) is 29.9 Å².